The first-order valence-electron chi connectivity index (χ1n) is 9.58. The molecule has 0 aliphatic rings. The van der Waals surface area contributed by atoms with Crippen LogP contribution >= 0.6 is 0 Å². The Bertz CT molecular complexity index is 946. The van der Waals surface area contributed by atoms with Crippen LogP contribution in [-0.4, -0.2) is 28.9 Å². The van der Waals surface area contributed by atoms with Gasteiger partial charge in [-0.2, -0.15) is 0 Å². The zero-order valence-corrected chi connectivity index (χ0v) is 17.1. The molecule has 0 saturated heterocycles. The molecule has 3 aromatic rings. The van der Waals surface area contributed by atoms with Crippen molar-refractivity contribution in [3.63, 3.8) is 0 Å². The number of carbonyl (C=O) groups is 1. The summed E-state index contributed by atoms with van der Waals surface area (Å²) in [4.78, 5) is 12.6. The number of rotatable bonds is 8. The molecule has 0 aliphatic carbocycles. The van der Waals surface area contributed by atoms with Crippen LogP contribution in [-0.2, 0) is 4.79 Å². The summed E-state index contributed by atoms with van der Waals surface area (Å²) >= 11 is 0. The van der Waals surface area contributed by atoms with Crippen molar-refractivity contribution in [2.75, 3.05) is 11.9 Å². The average molecular weight is 395 g/mol. The van der Waals surface area contributed by atoms with Crippen LogP contribution in [0.25, 0.3) is 11.3 Å². The lowest BCUT2D eigenvalue weighted by atomic mass is 10.1. The third-order valence-corrected chi connectivity index (χ3v) is 4.21. The molecule has 1 amide bonds. The van der Waals surface area contributed by atoms with E-state index < -0.39 is 6.10 Å². The second-order valence-corrected chi connectivity index (χ2v) is 6.91. The molecule has 2 aromatic carbocycles. The summed E-state index contributed by atoms with van der Waals surface area (Å²) < 4.78 is 16.2. The molecule has 0 radical (unpaired) electrons. The molecule has 7 heteroatoms. The number of carbonyl (C=O) groups excluding carboxylic acids is 1. The molecule has 0 aliphatic heterocycles. The van der Waals surface area contributed by atoms with Gasteiger partial charge >= 0.3 is 0 Å². The maximum atomic E-state index is 12.6. The van der Waals surface area contributed by atoms with Gasteiger partial charge in [-0.1, -0.05) is 13.0 Å². The monoisotopic (exact) mass is 395 g/mol. The molecule has 0 unspecified atom stereocenters. The van der Waals surface area contributed by atoms with Gasteiger partial charge in [0.1, 0.15) is 11.5 Å². The van der Waals surface area contributed by atoms with Gasteiger partial charge in [0.05, 0.1) is 6.61 Å². The Morgan fingerprint density at radius 2 is 1.76 bits per heavy atom. The number of amides is 1. The molecular weight excluding hydrogens is 370 g/mol. The van der Waals surface area contributed by atoms with E-state index in [2.05, 4.69) is 22.6 Å². The zero-order chi connectivity index (χ0) is 20.8. The second-order valence-electron chi connectivity index (χ2n) is 6.91. The van der Waals surface area contributed by atoms with E-state index >= 15 is 0 Å². The molecule has 3 rings (SSSR count). The van der Waals surface area contributed by atoms with Crippen molar-refractivity contribution in [2.45, 2.75) is 40.2 Å². The summed E-state index contributed by atoms with van der Waals surface area (Å²) in [5, 5.41) is 10.5. The lowest BCUT2D eigenvalue weighted by Crippen LogP contribution is -2.30. The number of aryl methyl sites for hydroxylation is 2. The lowest BCUT2D eigenvalue weighted by Gasteiger charge is -2.15. The highest BCUT2D eigenvalue weighted by atomic mass is 16.6. The summed E-state index contributed by atoms with van der Waals surface area (Å²) in [5.41, 5.74) is 3.34. The van der Waals surface area contributed by atoms with Gasteiger partial charge in [-0.05, 0) is 85.0 Å². The number of hydrogen-bond donors (Lipinski definition) is 1. The molecule has 0 spiro atoms. The smallest absolute Gasteiger partial charge is 0.266 e. The SMILES string of the molecule is CCCOc1ccc(-c2nonc2NC(=O)[C@@H](C)Oc2cc(C)cc(C)c2)cc1. The van der Waals surface area contributed by atoms with E-state index in [1.54, 1.807) is 6.92 Å². The minimum Gasteiger partial charge on any atom is -0.494 e. The quantitative estimate of drug-likeness (QED) is 0.602. The molecule has 0 saturated carbocycles. The van der Waals surface area contributed by atoms with Crippen molar-refractivity contribution in [1.29, 1.82) is 0 Å². The average Bonchev–Trinajstić information content (AvgIpc) is 3.14. The van der Waals surface area contributed by atoms with E-state index in [9.17, 15) is 4.79 Å². The fourth-order valence-corrected chi connectivity index (χ4v) is 2.87. The van der Waals surface area contributed by atoms with Gasteiger partial charge in [0.25, 0.3) is 5.91 Å². The van der Waals surface area contributed by atoms with Crippen molar-refractivity contribution in [3.8, 4) is 22.8 Å². The van der Waals surface area contributed by atoms with Crippen LogP contribution < -0.4 is 14.8 Å². The van der Waals surface area contributed by atoms with Crippen LogP contribution in [0.4, 0.5) is 5.82 Å². The van der Waals surface area contributed by atoms with E-state index in [1.165, 1.54) is 0 Å². The van der Waals surface area contributed by atoms with Crippen LogP contribution in [0.2, 0.25) is 0 Å². The number of anilines is 1. The standard InChI is InChI=1S/C22H25N3O4/c1-5-10-27-18-8-6-17(7-9-18)20-21(25-29-24-20)23-22(26)16(4)28-19-12-14(2)11-15(3)13-19/h6-9,11-13,16H,5,10H2,1-4H3,(H,23,25,26)/t16-/m1/s1. The molecule has 0 fully saturated rings. The van der Waals surface area contributed by atoms with Gasteiger partial charge in [-0.25, -0.2) is 4.63 Å². The maximum Gasteiger partial charge on any atom is 0.266 e. The number of aromatic nitrogens is 2. The lowest BCUT2D eigenvalue weighted by molar-refractivity contribution is -0.122. The van der Waals surface area contributed by atoms with E-state index in [4.69, 9.17) is 14.1 Å². The van der Waals surface area contributed by atoms with Crippen molar-refractivity contribution >= 4 is 11.7 Å². The molecular formula is C22H25N3O4. The minimum atomic E-state index is -0.717. The van der Waals surface area contributed by atoms with Crippen molar-refractivity contribution < 1.29 is 18.9 Å². The first kappa shape index (κ1) is 20.4. The Hall–Kier alpha value is -3.35. The number of ether oxygens (including phenoxy) is 2. The van der Waals surface area contributed by atoms with Crippen molar-refractivity contribution in [1.82, 2.24) is 10.3 Å². The van der Waals surface area contributed by atoms with Crippen molar-refractivity contribution in [2.24, 2.45) is 0 Å². The maximum absolute atomic E-state index is 12.6. The van der Waals surface area contributed by atoms with Crippen LogP contribution in [0, 0.1) is 13.8 Å². The Morgan fingerprint density at radius 3 is 2.41 bits per heavy atom. The molecule has 1 aromatic heterocycles. The first-order chi connectivity index (χ1) is 14.0. The highest BCUT2D eigenvalue weighted by molar-refractivity contribution is 5.96. The number of benzene rings is 2. The highest BCUT2D eigenvalue weighted by Gasteiger charge is 2.20. The molecule has 1 N–H and O–H groups in total. The van der Waals surface area contributed by atoms with Gasteiger partial charge in [-0.3, -0.25) is 4.79 Å². The fourth-order valence-electron chi connectivity index (χ4n) is 2.87. The van der Waals surface area contributed by atoms with Crippen LogP contribution in [0.5, 0.6) is 11.5 Å². The van der Waals surface area contributed by atoms with E-state index in [0.29, 0.717) is 18.1 Å². The van der Waals surface area contributed by atoms with E-state index in [-0.39, 0.29) is 11.7 Å². The topological polar surface area (TPSA) is 86.5 Å². The van der Waals surface area contributed by atoms with Gasteiger partial charge in [0.2, 0.25) is 5.82 Å². The van der Waals surface area contributed by atoms with Crippen LogP contribution in [0.15, 0.2) is 47.1 Å². The summed E-state index contributed by atoms with van der Waals surface area (Å²) in [5.74, 6) is 1.32. The molecule has 1 atom stereocenters. The fraction of sp³-hybridized carbons (Fsp3) is 0.318. The molecule has 1 heterocycles. The summed E-state index contributed by atoms with van der Waals surface area (Å²) in [6, 6.07) is 13.2. The van der Waals surface area contributed by atoms with Gasteiger partial charge < -0.3 is 14.8 Å². The number of nitrogens with one attached hydrogen (secondary N) is 1. The van der Waals surface area contributed by atoms with E-state index in [1.807, 2.05) is 56.3 Å². The normalized spacial score (nSPS) is 11.7. The molecule has 0 bridgehead atoms. The highest BCUT2D eigenvalue weighted by Crippen LogP contribution is 2.27. The van der Waals surface area contributed by atoms with Gasteiger partial charge in [0.15, 0.2) is 11.8 Å². The van der Waals surface area contributed by atoms with Crippen LogP contribution in [0.3, 0.4) is 0 Å². The minimum absolute atomic E-state index is 0.244. The largest absolute Gasteiger partial charge is 0.494 e. The predicted molar refractivity (Wildman–Crippen MR) is 110 cm³/mol. The Kier molecular flexibility index (Phi) is 6.49. The summed E-state index contributed by atoms with van der Waals surface area (Å²) in [7, 11) is 0. The summed E-state index contributed by atoms with van der Waals surface area (Å²) in [6.07, 6.45) is 0.221. The Labute approximate surface area is 170 Å². The zero-order valence-electron chi connectivity index (χ0n) is 17.1. The second kappa shape index (κ2) is 9.23. The van der Waals surface area contributed by atoms with Crippen LogP contribution in [0.1, 0.15) is 31.4 Å². The van der Waals surface area contributed by atoms with Crippen molar-refractivity contribution in [3.05, 3.63) is 53.6 Å². The van der Waals surface area contributed by atoms with Gasteiger partial charge in [-0.15, -0.1) is 0 Å². The number of nitrogens with zero attached hydrogens (tertiary/aromatic N) is 2. The Balaban J connectivity index is 1.68. The first-order valence-corrected chi connectivity index (χ1v) is 9.58. The molecule has 7 nitrogen and oxygen atoms in total. The van der Waals surface area contributed by atoms with Gasteiger partial charge in [0, 0.05) is 5.56 Å². The summed E-state index contributed by atoms with van der Waals surface area (Å²) in [6.45, 7) is 8.35. The third-order valence-electron chi connectivity index (χ3n) is 4.21. The van der Waals surface area contributed by atoms with E-state index in [0.717, 1.165) is 28.9 Å². The Morgan fingerprint density at radius 1 is 1.07 bits per heavy atom. The molecule has 152 valence electrons. The third kappa shape index (κ3) is 5.34. The number of hydrogen-bond acceptors (Lipinski definition) is 6. The molecule has 29 heavy (non-hydrogen) atoms. The predicted octanol–water partition coefficient (Wildman–Crippen LogP) is 4.55.